The molecule has 0 saturated carbocycles. The van der Waals surface area contributed by atoms with Gasteiger partial charge in [-0.3, -0.25) is 14.6 Å². The molecule has 0 aliphatic rings. The highest BCUT2D eigenvalue weighted by Crippen LogP contribution is 2.40. The van der Waals surface area contributed by atoms with Crippen molar-refractivity contribution in [3.63, 3.8) is 0 Å². The standard InChI is InChI=1S/C25H20ClN3O4/c1-13(30)19-12-28-21-8-5-15(16-10-20(26)24(31)22(11-16)33-2)9-18(21)23(19)29-17-6-3-14(4-7-17)25(27)32/h3-12,31H,1-2H3,(H2,27,32)(H,28,29). The maximum absolute atomic E-state index is 12.4. The van der Waals surface area contributed by atoms with Crippen molar-refractivity contribution in [3.8, 4) is 22.6 Å². The van der Waals surface area contributed by atoms with Crippen molar-refractivity contribution in [3.05, 3.63) is 76.9 Å². The van der Waals surface area contributed by atoms with Gasteiger partial charge in [-0.15, -0.1) is 0 Å². The van der Waals surface area contributed by atoms with Crippen LogP contribution in [0, 0.1) is 0 Å². The number of aromatic nitrogens is 1. The average molecular weight is 462 g/mol. The summed E-state index contributed by atoms with van der Waals surface area (Å²) in [6.45, 7) is 1.47. The number of ether oxygens (including phenoxy) is 1. The number of carbonyl (C=O) groups excluding carboxylic acids is 2. The van der Waals surface area contributed by atoms with E-state index in [2.05, 4.69) is 10.3 Å². The summed E-state index contributed by atoms with van der Waals surface area (Å²) in [5.74, 6) is -0.555. The zero-order valence-electron chi connectivity index (χ0n) is 17.8. The van der Waals surface area contributed by atoms with E-state index in [1.165, 1.54) is 20.2 Å². The number of nitrogens with two attached hydrogens (primary N) is 1. The summed E-state index contributed by atoms with van der Waals surface area (Å²) in [6, 6.07) is 15.6. The van der Waals surface area contributed by atoms with E-state index in [0.717, 1.165) is 11.1 Å². The Kier molecular flexibility index (Phi) is 5.89. The normalized spacial score (nSPS) is 10.8. The topological polar surface area (TPSA) is 115 Å². The van der Waals surface area contributed by atoms with Gasteiger partial charge in [-0.2, -0.15) is 0 Å². The van der Waals surface area contributed by atoms with E-state index in [1.54, 1.807) is 36.4 Å². The quantitative estimate of drug-likeness (QED) is 0.335. The molecule has 1 heterocycles. The molecule has 0 unspecified atom stereocenters. The van der Waals surface area contributed by atoms with Gasteiger partial charge in [-0.25, -0.2) is 0 Å². The Morgan fingerprint density at radius 2 is 1.79 bits per heavy atom. The number of benzene rings is 3. The molecule has 0 fully saturated rings. The van der Waals surface area contributed by atoms with Gasteiger partial charge in [-0.05, 0) is 66.6 Å². The Hall–Kier alpha value is -4.10. The average Bonchev–Trinajstić information content (AvgIpc) is 2.80. The van der Waals surface area contributed by atoms with E-state index in [0.29, 0.717) is 33.4 Å². The Bertz CT molecular complexity index is 1400. The second-order valence-electron chi connectivity index (χ2n) is 7.41. The lowest BCUT2D eigenvalue weighted by molar-refractivity contribution is 0.0996. The van der Waals surface area contributed by atoms with Gasteiger partial charge in [0, 0.05) is 22.8 Å². The number of ketones is 1. The largest absolute Gasteiger partial charge is 0.503 e. The number of phenolic OH excluding ortho intramolecular Hbond substituents is 1. The predicted molar refractivity (Wildman–Crippen MR) is 129 cm³/mol. The van der Waals surface area contributed by atoms with Crippen LogP contribution in [0.2, 0.25) is 5.02 Å². The second-order valence-corrected chi connectivity index (χ2v) is 7.82. The maximum atomic E-state index is 12.4. The summed E-state index contributed by atoms with van der Waals surface area (Å²) in [5, 5.41) is 14.2. The van der Waals surface area contributed by atoms with Crippen LogP contribution in [0.5, 0.6) is 11.5 Å². The van der Waals surface area contributed by atoms with Crippen molar-refractivity contribution in [2.75, 3.05) is 12.4 Å². The van der Waals surface area contributed by atoms with Gasteiger partial charge in [-0.1, -0.05) is 17.7 Å². The highest BCUT2D eigenvalue weighted by Gasteiger charge is 2.16. The number of anilines is 2. The van der Waals surface area contributed by atoms with Crippen molar-refractivity contribution < 1.29 is 19.4 Å². The number of nitrogens with zero attached hydrogens (tertiary/aromatic N) is 1. The lowest BCUT2D eigenvalue weighted by atomic mass is 9.99. The molecule has 7 nitrogen and oxygen atoms in total. The van der Waals surface area contributed by atoms with Gasteiger partial charge in [0.15, 0.2) is 17.3 Å². The molecule has 4 N–H and O–H groups in total. The minimum absolute atomic E-state index is 0.133. The SMILES string of the molecule is COc1cc(-c2ccc3ncc(C(C)=O)c(Nc4ccc(C(N)=O)cc4)c3c2)cc(Cl)c1O. The first-order chi connectivity index (χ1) is 15.8. The van der Waals surface area contributed by atoms with Crippen LogP contribution in [0.25, 0.3) is 22.0 Å². The van der Waals surface area contributed by atoms with Crippen molar-refractivity contribution in [2.45, 2.75) is 6.92 Å². The smallest absolute Gasteiger partial charge is 0.248 e. The molecule has 4 aromatic rings. The molecule has 3 aromatic carbocycles. The summed E-state index contributed by atoms with van der Waals surface area (Å²) >= 11 is 6.17. The number of aromatic hydroxyl groups is 1. The number of Topliss-reactive ketones (excluding diaryl/α,β-unsaturated/α-hetero) is 1. The molecule has 4 rings (SSSR count). The van der Waals surface area contributed by atoms with E-state index in [9.17, 15) is 14.7 Å². The summed E-state index contributed by atoms with van der Waals surface area (Å²) < 4.78 is 5.22. The minimum Gasteiger partial charge on any atom is -0.503 e. The Morgan fingerprint density at radius 1 is 1.06 bits per heavy atom. The first-order valence-corrected chi connectivity index (χ1v) is 10.3. The number of carbonyl (C=O) groups is 2. The number of pyridine rings is 1. The fourth-order valence-corrected chi connectivity index (χ4v) is 3.74. The molecule has 1 amide bonds. The third-order valence-corrected chi connectivity index (χ3v) is 5.56. The van der Waals surface area contributed by atoms with Crippen LogP contribution in [0.15, 0.2) is 60.8 Å². The Labute approximate surface area is 194 Å². The molecule has 0 aliphatic heterocycles. The molecule has 0 spiro atoms. The van der Waals surface area contributed by atoms with Crippen molar-refractivity contribution in [1.29, 1.82) is 0 Å². The molecule has 1 aromatic heterocycles. The molecule has 0 aliphatic carbocycles. The zero-order valence-corrected chi connectivity index (χ0v) is 18.6. The second kappa shape index (κ2) is 8.80. The van der Waals surface area contributed by atoms with Crippen LogP contribution in [0.4, 0.5) is 11.4 Å². The van der Waals surface area contributed by atoms with Crippen LogP contribution in [-0.4, -0.2) is 28.9 Å². The van der Waals surface area contributed by atoms with E-state index >= 15 is 0 Å². The Morgan fingerprint density at radius 3 is 2.42 bits per heavy atom. The van der Waals surface area contributed by atoms with Crippen LogP contribution in [0.3, 0.4) is 0 Å². The van der Waals surface area contributed by atoms with Gasteiger partial charge >= 0.3 is 0 Å². The van der Waals surface area contributed by atoms with E-state index in [4.69, 9.17) is 22.1 Å². The molecular formula is C25H20ClN3O4. The molecule has 0 saturated heterocycles. The molecular weight excluding hydrogens is 442 g/mol. The highest BCUT2D eigenvalue weighted by atomic mass is 35.5. The number of amides is 1. The third-order valence-electron chi connectivity index (χ3n) is 5.27. The molecule has 0 radical (unpaired) electrons. The Balaban J connectivity index is 1.87. The van der Waals surface area contributed by atoms with Crippen LogP contribution < -0.4 is 15.8 Å². The number of hydrogen-bond acceptors (Lipinski definition) is 6. The van der Waals surface area contributed by atoms with Crippen molar-refractivity contribution >= 4 is 45.6 Å². The third kappa shape index (κ3) is 4.31. The monoisotopic (exact) mass is 461 g/mol. The maximum Gasteiger partial charge on any atom is 0.248 e. The minimum atomic E-state index is -0.520. The molecule has 0 atom stereocenters. The molecule has 166 valence electrons. The number of nitrogens with one attached hydrogen (secondary N) is 1. The van der Waals surface area contributed by atoms with Gasteiger partial charge in [0.1, 0.15) is 0 Å². The zero-order chi connectivity index (χ0) is 23.7. The van der Waals surface area contributed by atoms with Gasteiger partial charge in [0.05, 0.1) is 28.9 Å². The number of methoxy groups -OCH3 is 1. The van der Waals surface area contributed by atoms with E-state index in [1.807, 2.05) is 18.2 Å². The summed E-state index contributed by atoms with van der Waals surface area (Å²) in [7, 11) is 1.45. The van der Waals surface area contributed by atoms with E-state index in [-0.39, 0.29) is 22.3 Å². The number of phenols is 1. The van der Waals surface area contributed by atoms with Crippen molar-refractivity contribution in [2.24, 2.45) is 5.73 Å². The number of hydrogen-bond donors (Lipinski definition) is 3. The van der Waals surface area contributed by atoms with Gasteiger partial charge in [0.25, 0.3) is 0 Å². The highest BCUT2D eigenvalue weighted by molar-refractivity contribution is 6.32. The summed E-state index contributed by atoms with van der Waals surface area (Å²) in [4.78, 5) is 28.2. The number of rotatable bonds is 6. The van der Waals surface area contributed by atoms with Gasteiger partial charge in [0.2, 0.25) is 5.91 Å². The predicted octanol–water partition coefficient (Wildman–Crippen LogP) is 5.31. The van der Waals surface area contributed by atoms with E-state index < -0.39 is 5.91 Å². The fourth-order valence-electron chi connectivity index (χ4n) is 3.53. The molecule has 33 heavy (non-hydrogen) atoms. The van der Waals surface area contributed by atoms with Crippen LogP contribution in [0.1, 0.15) is 27.6 Å². The van der Waals surface area contributed by atoms with Crippen molar-refractivity contribution in [1.82, 2.24) is 4.98 Å². The fraction of sp³-hybridized carbons (Fsp3) is 0.0800. The van der Waals surface area contributed by atoms with Crippen LogP contribution >= 0.6 is 11.6 Å². The number of primary amides is 1. The molecule has 8 heteroatoms. The van der Waals surface area contributed by atoms with Crippen LogP contribution in [-0.2, 0) is 0 Å². The van der Waals surface area contributed by atoms with Gasteiger partial charge < -0.3 is 20.9 Å². The summed E-state index contributed by atoms with van der Waals surface area (Å²) in [6.07, 6.45) is 1.53. The first kappa shape index (κ1) is 22.1. The summed E-state index contributed by atoms with van der Waals surface area (Å²) in [5.41, 5.74) is 9.57. The number of halogens is 1. The lowest BCUT2D eigenvalue weighted by Gasteiger charge is -2.15. The first-order valence-electron chi connectivity index (χ1n) is 9.96. The lowest BCUT2D eigenvalue weighted by Crippen LogP contribution is -2.10. The number of fused-ring (bicyclic) bond motifs is 1. The molecule has 0 bridgehead atoms.